The van der Waals surface area contributed by atoms with Gasteiger partial charge in [-0.1, -0.05) is 156 Å². The van der Waals surface area contributed by atoms with Crippen LogP contribution in [0.1, 0.15) is 207 Å². The fraction of sp³-hybridized carbons (Fsp3) is 0.745. The maximum absolute atomic E-state index is 15.6. The lowest BCUT2D eigenvalue weighted by molar-refractivity contribution is -0.127. The first-order valence-corrected chi connectivity index (χ1v) is 24.5. The van der Waals surface area contributed by atoms with Gasteiger partial charge in [0.05, 0.1) is 29.6 Å². The van der Waals surface area contributed by atoms with Gasteiger partial charge in [0.1, 0.15) is 11.9 Å². The lowest BCUT2D eigenvalue weighted by atomic mass is 9.89. The molecule has 3 rings (SSSR count). The van der Waals surface area contributed by atoms with Crippen LogP contribution in [0.3, 0.4) is 0 Å². The number of alkyl halides is 3. The highest BCUT2D eigenvalue weighted by Crippen LogP contribution is 2.37. The molecule has 2 aromatic heterocycles. The largest absolute Gasteiger partial charge is 0.464 e. The number of aromatic nitrogens is 3. The summed E-state index contributed by atoms with van der Waals surface area (Å²) in [6, 6.07) is 3.49. The highest BCUT2D eigenvalue weighted by Gasteiger charge is 2.31. The predicted molar refractivity (Wildman–Crippen MR) is 254 cm³/mol. The summed E-state index contributed by atoms with van der Waals surface area (Å²) in [5, 5.41) is 7.49. The molecule has 0 fully saturated rings. The van der Waals surface area contributed by atoms with Gasteiger partial charge >= 0.3 is 6.18 Å². The quantitative estimate of drug-likeness (QED) is 0.0310. The van der Waals surface area contributed by atoms with E-state index < -0.39 is 29.9 Å². The third-order valence-corrected chi connectivity index (χ3v) is 11.4. The molecule has 0 saturated carbocycles. The van der Waals surface area contributed by atoms with Crippen LogP contribution in [0, 0.1) is 16.6 Å². The highest BCUT2D eigenvalue weighted by atomic mass is 35.5. The monoisotopic (exact) mass is 925 g/mol. The van der Waals surface area contributed by atoms with Gasteiger partial charge in [0.2, 0.25) is 0 Å². The number of hydrogen-bond donors (Lipinski definition) is 1. The van der Waals surface area contributed by atoms with Crippen LogP contribution >= 0.6 is 11.6 Å². The summed E-state index contributed by atoms with van der Waals surface area (Å²) in [4.78, 5) is 17.8. The number of halogens is 5. The second kappa shape index (κ2) is 27.0. The minimum atomic E-state index is -4.62. The van der Waals surface area contributed by atoms with E-state index in [1.807, 2.05) is 20.8 Å². The lowest BCUT2D eigenvalue weighted by Gasteiger charge is -2.19. The Bertz CT molecular complexity index is 1830. The van der Waals surface area contributed by atoms with E-state index in [0.29, 0.717) is 29.6 Å². The minimum absolute atomic E-state index is 0.00101. The fourth-order valence-corrected chi connectivity index (χ4v) is 8.04. The number of pyridine rings is 1. The van der Waals surface area contributed by atoms with E-state index in [-0.39, 0.29) is 52.3 Å². The first kappa shape index (κ1) is 55.4. The Morgan fingerprint density at radius 1 is 0.688 bits per heavy atom. The molecular weight excluding hydrogens is 844 g/mol. The molecule has 1 amide bonds. The maximum atomic E-state index is 15.6. The van der Waals surface area contributed by atoms with Gasteiger partial charge in [-0.2, -0.15) is 18.3 Å². The molecule has 0 aliphatic rings. The van der Waals surface area contributed by atoms with Crippen molar-refractivity contribution in [1.82, 2.24) is 20.1 Å². The van der Waals surface area contributed by atoms with Crippen LogP contribution < -0.4 is 10.1 Å². The number of ether oxygens (including phenoxy) is 3. The zero-order chi connectivity index (χ0) is 47.4. The Hall–Kier alpha value is -2.96. The maximum Gasteiger partial charge on any atom is 0.393 e. The summed E-state index contributed by atoms with van der Waals surface area (Å²) in [7, 11) is 0. The molecule has 1 aromatic carbocycles. The number of nitrogens with one attached hydrogen (secondary N) is 1. The molecule has 64 heavy (non-hydrogen) atoms. The lowest BCUT2D eigenvalue weighted by Crippen LogP contribution is -2.40. The van der Waals surface area contributed by atoms with Crippen LogP contribution in [0.15, 0.2) is 18.2 Å². The molecule has 0 atom stereocenters. The van der Waals surface area contributed by atoms with Crippen LogP contribution in [0.25, 0.3) is 22.2 Å². The van der Waals surface area contributed by atoms with Gasteiger partial charge in [0.15, 0.2) is 24.1 Å². The van der Waals surface area contributed by atoms with Crippen molar-refractivity contribution in [1.29, 1.82) is 0 Å². The topological polar surface area (TPSA) is 87.5 Å². The van der Waals surface area contributed by atoms with E-state index in [0.717, 1.165) is 50.7 Å². The predicted octanol–water partition coefficient (Wildman–Crippen LogP) is 15.7. The van der Waals surface area contributed by atoms with Gasteiger partial charge in [-0.05, 0) is 81.0 Å². The summed E-state index contributed by atoms with van der Waals surface area (Å²) in [6.07, 6.45) is 17.4. The van der Waals surface area contributed by atoms with Gasteiger partial charge < -0.3 is 19.5 Å². The Morgan fingerprint density at radius 3 is 1.66 bits per heavy atom. The van der Waals surface area contributed by atoms with E-state index in [1.165, 1.54) is 101 Å². The molecule has 364 valence electrons. The average Bonchev–Trinajstić information content (AvgIpc) is 3.54. The average molecular weight is 926 g/mol. The number of fused-ring (bicyclic) bond motifs is 1. The molecule has 0 aliphatic carbocycles. The summed E-state index contributed by atoms with van der Waals surface area (Å²) >= 11 is 6.74. The summed E-state index contributed by atoms with van der Waals surface area (Å²) in [5.41, 5.74) is 0.132. The molecular formula is C51H81ClF4N4O4. The summed E-state index contributed by atoms with van der Waals surface area (Å²) < 4.78 is 76.2. The van der Waals surface area contributed by atoms with Crippen molar-refractivity contribution < 1.29 is 36.6 Å². The Morgan fingerprint density at radius 2 is 1.17 bits per heavy atom. The number of benzene rings is 1. The Balaban J connectivity index is 1.63. The number of carbonyl (C=O) groups excluding carboxylic acids is 1. The van der Waals surface area contributed by atoms with Gasteiger partial charge in [-0.3, -0.25) is 4.79 Å². The summed E-state index contributed by atoms with van der Waals surface area (Å²) in [6.45, 7) is 19.7. The minimum Gasteiger partial charge on any atom is -0.464 e. The number of rotatable bonds is 30. The Kier molecular flexibility index (Phi) is 23.4. The number of amides is 1. The molecule has 8 nitrogen and oxygen atoms in total. The highest BCUT2D eigenvalue weighted by molar-refractivity contribution is 6.35. The molecule has 2 heterocycles. The Labute approximate surface area is 387 Å². The first-order chi connectivity index (χ1) is 30.0. The molecule has 13 heteroatoms. The zero-order valence-electron chi connectivity index (χ0n) is 40.8. The van der Waals surface area contributed by atoms with Gasteiger partial charge in [-0.25, -0.2) is 14.1 Å². The molecule has 0 saturated heterocycles. The van der Waals surface area contributed by atoms with Crippen molar-refractivity contribution in [3.63, 3.8) is 0 Å². The van der Waals surface area contributed by atoms with Crippen molar-refractivity contribution in [3.8, 4) is 17.0 Å². The second-order valence-electron chi connectivity index (χ2n) is 21.2. The van der Waals surface area contributed by atoms with Gasteiger partial charge in [0.25, 0.3) is 5.91 Å². The first-order valence-electron chi connectivity index (χ1n) is 24.1. The van der Waals surface area contributed by atoms with Gasteiger partial charge in [-0.15, -0.1) is 0 Å². The van der Waals surface area contributed by atoms with Crippen molar-refractivity contribution in [2.75, 3.05) is 20.0 Å². The second-order valence-corrected chi connectivity index (χ2v) is 21.5. The molecule has 3 aromatic rings. The number of unbranched alkanes of at least 4 members (excludes halogenated alkanes) is 16. The third-order valence-electron chi connectivity index (χ3n) is 11.2. The van der Waals surface area contributed by atoms with Crippen molar-refractivity contribution in [2.45, 2.75) is 216 Å². The smallest absolute Gasteiger partial charge is 0.393 e. The van der Waals surface area contributed by atoms with Crippen LogP contribution in [0.2, 0.25) is 5.15 Å². The molecule has 0 aliphatic heterocycles. The van der Waals surface area contributed by atoms with Crippen molar-refractivity contribution in [3.05, 3.63) is 40.4 Å². The van der Waals surface area contributed by atoms with Crippen LogP contribution in [0.5, 0.6) is 5.75 Å². The zero-order valence-corrected chi connectivity index (χ0v) is 41.5. The third kappa shape index (κ3) is 22.5. The number of nitrogens with zero attached hydrogens (tertiary/aromatic N) is 3. The summed E-state index contributed by atoms with van der Waals surface area (Å²) in [5.74, 6) is -1.73. The number of hydrogen-bond acceptors (Lipinski definition) is 6. The molecule has 1 N–H and O–H groups in total. The van der Waals surface area contributed by atoms with E-state index in [2.05, 4.69) is 56.9 Å². The standard InChI is InChI=1S/C51H81ClF4N4O4/c1-48(2,3)28-24-20-16-12-10-14-18-22-26-30-62-36-60-42-34-41(57-46(52)44(42)45(59-60)47(61)58-50(7,8)9)39-33-40(53)43(32-38(39)35-51(54,55)56)64-37-63-31-27-23-19-15-11-13-17-21-25-29-49(4,5)6/h32-34H,10-31,35-37H2,1-9H3,(H,58,61). The van der Waals surface area contributed by atoms with Crippen molar-refractivity contribution in [2.24, 2.45) is 10.8 Å². The van der Waals surface area contributed by atoms with Crippen LogP contribution in [-0.4, -0.2) is 52.4 Å². The van der Waals surface area contributed by atoms with Crippen LogP contribution in [-0.2, 0) is 22.6 Å². The molecule has 0 radical (unpaired) electrons. The van der Waals surface area contributed by atoms with E-state index in [1.54, 1.807) is 0 Å². The van der Waals surface area contributed by atoms with E-state index >= 15 is 4.39 Å². The molecule has 0 bridgehead atoms. The van der Waals surface area contributed by atoms with Gasteiger partial charge in [0, 0.05) is 17.7 Å². The van der Waals surface area contributed by atoms with Crippen LogP contribution in [0.4, 0.5) is 17.6 Å². The molecule has 0 unspecified atom stereocenters. The van der Waals surface area contributed by atoms with E-state index in [4.69, 9.17) is 25.8 Å². The normalized spacial score (nSPS) is 12.7. The molecule has 0 spiro atoms. The van der Waals surface area contributed by atoms with E-state index in [9.17, 15) is 18.0 Å². The fourth-order valence-electron chi connectivity index (χ4n) is 7.76. The number of carbonyl (C=O) groups is 1. The SMILES string of the molecule is CC(C)(C)CCCCCCCCCCCOCOc1cc(CC(F)(F)F)c(-c2cc3c(c(Cl)n2)c(C(=O)NC(C)(C)C)nn3COCCCCCCCCCCCC(C)(C)C)cc1F. The van der Waals surface area contributed by atoms with Crippen molar-refractivity contribution >= 4 is 28.4 Å².